The number of esters is 5. The number of Topliss-reactive ketones (excluding diaryl/α,β-unsaturated/α-hetero) is 1. The van der Waals surface area contributed by atoms with E-state index in [9.17, 15) is 50.4 Å². The van der Waals surface area contributed by atoms with Gasteiger partial charge in [-0.15, -0.1) is 0 Å². The molecule has 5 aliphatic rings. The van der Waals surface area contributed by atoms with Crippen LogP contribution in [0.4, 0.5) is 13.2 Å². The van der Waals surface area contributed by atoms with Gasteiger partial charge in [-0.3, -0.25) is 48.5 Å². The van der Waals surface area contributed by atoms with E-state index in [1.165, 1.54) is 172 Å². The summed E-state index contributed by atoms with van der Waals surface area (Å²) in [5.41, 5.74) is -2.23. The summed E-state index contributed by atoms with van der Waals surface area (Å²) >= 11 is 0. The van der Waals surface area contributed by atoms with Crippen molar-refractivity contribution in [2.24, 2.45) is 11.8 Å². The Kier molecular flexibility index (Phi) is 184. The summed E-state index contributed by atoms with van der Waals surface area (Å²) in [7, 11) is 8.88. The van der Waals surface area contributed by atoms with Gasteiger partial charge in [-0.05, 0) is 156 Å². The van der Waals surface area contributed by atoms with E-state index in [0.29, 0.717) is 30.8 Å². The molecule has 4 radical (unpaired) electrons. The summed E-state index contributed by atoms with van der Waals surface area (Å²) < 4.78 is 81.6. The first-order valence-corrected chi connectivity index (χ1v) is 39.1. The van der Waals surface area contributed by atoms with E-state index < -0.39 is 29.9 Å². The van der Waals surface area contributed by atoms with E-state index in [0.717, 1.165) is 31.2 Å². The number of nitrogens with zero attached hydrogens (tertiary/aromatic N) is 7. The summed E-state index contributed by atoms with van der Waals surface area (Å²) in [5.74, 6) is 0.859. The number of methoxy groups -OCH3 is 5. The van der Waals surface area contributed by atoms with Gasteiger partial charge in [-0.25, -0.2) is 0 Å². The van der Waals surface area contributed by atoms with Gasteiger partial charge in [0.05, 0.1) is 48.6 Å². The van der Waals surface area contributed by atoms with Crippen molar-refractivity contribution in [3.05, 3.63) is 78.1 Å². The van der Waals surface area contributed by atoms with Crippen LogP contribution in [0.5, 0.6) is 0 Å². The fourth-order valence-electron chi connectivity index (χ4n) is 7.04. The molecule has 674 valence electrons. The summed E-state index contributed by atoms with van der Waals surface area (Å²) in [4.78, 5) is 77.0. The molecule has 0 spiro atoms. The Hall–Kier alpha value is -0.812. The molecule has 3 fully saturated rings. The van der Waals surface area contributed by atoms with Gasteiger partial charge in [-0.1, -0.05) is 156 Å². The minimum absolute atomic E-state index is 0. The van der Waals surface area contributed by atoms with E-state index in [-0.39, 0.29) is 201 Å². The second kappa shape index (κ2) is 128. The standard InChI is InChI=1S/C7H10F3NO3S.2C7H15N.C7H13N.C6H11NO.C6H7N.C5H6BNO2.5C3H6O2.8C2H6.CH5BO2.CH4.Pd.4Y/c1-11-4-2-3-6(5-11)14-15(12,13)7(8,9)10;3*1-7-4-3-5-8(2)6-7;1-7-4-2-3-6(8)5-7;1-6-3-2-4-7-5-6;8-6(9)5-2-1-3-7-4-5;5*1-3(4)5-2;8*1-2;1-2(3)4;;;;;;/h3H,2,4-5H2,1H3;2*7H,3-6H2,1-2H3;4H,3,5-6H2,1-2H3;2-5H2,1H3;2-5H,1H3;1-4,8-9H;5*1-2H3;8*1-2H3;3-4H,1H3;1H4;;;;;. The van der Waals surface area contributed by atoms with Crippen LogP contribution in [0.1, 0.15) is 231 Å². The van der Waals surface area contributed by atoms with Crippen molar-refractivity contribution in [3.8, 4) is 0 Å². The van der Waals surface area contributed by atoms with E-state index in [1.54, 1.807) is 36.5 Å². The van der Waals surface area contributed by atoms with Crippen LogP contribution in [0, 0.1) is 18.8 Å². The summed E-state index contributed by atoms with van der Waals surface area (Å²) in [6, 6.07) is 7.19. The summed E-state index contributed by atoms with van der Waals surface area (Å²) in [6.45, 7) is 59.1. The van der Waals surface area contributed by atoms with Crippen LogP contribution in [0.25, 0.3) is 0 Å². The SMILES string of the molecule is C.CB(O)O.CC.CC.CC.CC.CC.CC.CC.CC.CC1=CCCN(C)C1.CC1CCCN(C)C1.CC1CCCN(C)C1.CN1CCC=C(OS(=O)(=O)C(F)(F)F)C1.CN1CCCC(=O)C1.COC(C)=O.COC(C)=O.COC(C)=O.COC(C)=O.COC(C)=O.Cc1cccnc1.OB(O)c1cccnc1.[Pd].[Y].[Y].[Y].[Y]. The third kappa shape index (κ3) is 155. The number of rotatable bonds is 3. The molecule has 3 saturated heterocycles. The number of carbonyl (C=O) groups excluding carboxylic acids is 6. The normalized spacial score (nSPS) is 13.9. The van der Waals surface area contributed by atoms with Crippen LogP contribution in [0.2, 0.25) is 6.82 Å². The Labute approximate surface area is 811 Å². The summed E-state index contributed by atoms with van der Waals surface area (Å²) in [6.07, 6.45) is 19.5. The second-order valence-corrected chi connectivity index (χ2v) is 23.0. The molecular formula is C78H164B2F3N7O18PdSY4. The van der Waals surface area contributed by atoms with Crippen LogP contribution in [0.3, 0.4) is 0 Å². The predicted octanol–water partition coefficient (Wildman–Crippen LogP) is 14.3. The van der Waals surface area contributed by atoms with Gasteiger partial charge >= 0.3 is 59.7 Å². The number of ether oxygens (including phenoxy) is 5. The number of hydrogen-bond acceptors (Lipinski definition) is 25. The van der Waals surface area contributed by atoms with E-state index in [1.807, 2.05) is 143 Å². The zero-order valence-corrected chi connectivity index (χ0v) is 90.8. The maximum atomic E-state index is 11.9. The number of hydrogen-bond donors (Lipinski definition) is 4. The van der Waals surface area contributed by atoms with Crippen LogP contribution < -0.4 is 5.46 Å². The molecule has 2 aromatic rings. The molecule has 25 nitrogen and oxygen atoms in total. The molecule has 4 N–H and O–H groups in total. The molecule has 0 amide bonds. The Morgan fingerprint density at radius 3 is 0.956 bits per heavy atom. The number of likely N-dealkylation sites (N-methyl/N-ethyl adjacent to an activating group) is 3. The Bertz CT molecular complexity index is 2300. The molecule has 7 heterocycles. The van der Waals surface area contributed by atoms with Gasteiger partial charge in [0.15, 0.2) is 0 Å². The van der Waals surface area contributed by atoms with Crippen LogP contribution in [-0.4, -0.2) is 255 Å². The van der Waals surface area contributed by atoms with Gasteiger partial charge in [0.25, 0.3) is 0 Å². The molecule has 0 aromatic carbocycles. The number of alkyl halides is 3. The minimum Gasteiger partial charge on any atom is -0.469 e. The first-order chi connectivity index (χ1) is 50.7. The fourth-order valence-corrected chi connectivity index (χ4v) is 7.53. The maximum Gasteiger partial charge on any atom is 0.534 e. The van der Waals surface area contributed by atoms with Crippen molar-refractivity contribution in [3.63, 3.8) is 0 Å². The van der Waals surface area contributed by atoms with Crippen molar-refractivity contribution in [2.45, 2.75) is 244 Å². The number of pyridine rings is 2. The molecule has 2 unspecified atom stereocenters. The largest absolute Gasteiger partial charge is 0.534 e. The van der Waals surface area contributed by atoms with Gasteiger partial charge in [0.2, 0.25) is 0 Å². The molecule has 5 aliphatic heterocycles. The molecule has 0 bridgehead atoms. The van der Waals surface area contributed by atoms with E-state index >= 15 is 0 Å². The van der Waals surface area contributed by atoms with Crippen molar-refractivity contribution >= 4 is 65.4 Å². The third-order valence-electron chi connectivity index (χ3n) is 11.7. The fraction of sp³-hybridized carbons (Fsp3) is 0.744. The Morgan fingerprint density at radius 1 is 0.500 bits per heavy atom. The quantitative estimate of drug-likeness (QED) is 0.0554. The monoisotopic (exact) mass is 2060 g/mol. The number of carbonyl (C=O) groups is 6. The minimum atomic E-state index is -5.52. The zero-order chi connectivity index (χ0) is 88.4. The summed E-state index contributed by atoms with van der Waals surface area (Å²) in [5, 5.41) is 32.3. The number of likely N-dealkylation sites (tertiary alicyclic amines) is 3. The Morgan fingerprint density at radius 2 is 0.789 bits per heavy atom. The number of piperidine rings is 3. The third-order valence-corrected chi connectivity index (χ3v) is 12.7. The second-order valence-electron chi connectivity index (χ2n) is 21.5. The van der Waals surface area contributed by atoms with Crippen molar-refractivity contribution in [1.82, 2.24) is 34.5 Å². The smallest absolute Gasteiger partial charge is 0.469 e. The molecule has 114 heavy (non-hydrogen) atoms. The number of ketones is 1. The van der Waals surface area contributed by atoms with Crippen LogP contribution >= 0.6 is 0 Å². The van der Waals surface area contributed by atoms with Crippen LogP contribution in [0.15, 0.2) is 72.5 Å². The molecule has 36 heteroatoms. The molecule has 2 aromatic heterocycles. The average Bonchev–Trinajstić information content (AvgIpc) is 0.826. The number of aryl methyl sites for hydroxylation is 1. The Balaban J connectivity index is -0.0000000463. The van der Waals surface area contributed by atoms with Crippen molar-refractivity contribution < 1.29 is 250 Å². The van der Waals surface area contributed by atoms with Gasteiger partial charge < -0.3 is 62.7 Å². The van der Waals surface area contributed by atoms with Crippen LogP contribution in [-0.2, 0) is 218 Å². The maximum absolute atomic E-state index is 11.9. The van der Waals surface area contributed by atoms with E-state index in [2.05, 4.69) is 105 Å². The van der Waals surface area contributed by atoms with E-state index in [4.69, 9.17) is 20.1 Å². The first-order valence-electron chi connectivity index (χ1n) is 37.7. The number of aromatic nitrogens is 2. The molecular weight excluding hydrogens is 1900 g/mol. The van der Waals surface area contributed by atoms with Gasteiger partial charge in [0.1, 0.15) is 11.5 Å². The topological polar surface area (TPSA) is 315 Å². The molecule has 0 saturated carbocycles. The first kappa shape index (κ1) is 164. The van der Waals surface area contributed by atoms with Gasteiger partial charge in [0, 0.05) is 255 Å². The molecule has 0 aliphatic carbocycles. The van der Waals surface area contributed by atoms with Crippen molar-refractivity contribution in [2.75, 3.05) is 136 Å². The molecule has 7 rings (SSSR count). The molecule has 2 atom stereocenters. The predicted molar refractivity (Wildman–Crippen MR) is 451 cm³/mol. The average molecular weight is 2060 g/mol. The zero-order valence-electron chi connectivity index (χ0n) is 77.1. The van der Waals surface area contributed by atoms with Crippen molar-refractivity contribution in [1.29, 1.82) is 0 Å². The van der Waals surface area contributed by atoms with Gasteiger partial charge in [-0.2, -0.15) is 21.6 Å². The number of halogens is 3.